The van der Waals surface area contributed by atoms with Crippen LogP contribution in [0.5, 0.6) is 0 Å². The third-order valence-electron chi connectivity index (χ3n) is 6.79. The molecule has 5 nitrogen and oxygen atoms in total. The van der Waals surface area contributed by atoms with Gasteiger partial charge in [0.15, 0.2) is 0 Å². The molecule has 27 heavy (non-hydrogen) atoms. The molecule has 0 unspecified atom stereocenters. The number of anilines is 1. The third-order valence-corrected chi connectivity index (χ3v) is 6.79. The van der Waals surface area contributed by atoms with Gasteiger partial charge in [-0.2, -0.15) is 0 Å². The SMILES string of the molecule is CCc1ccc(N2CCC3(CCN(C(=O)N4CCCCC4)CC3)C2=O)cc1. The Balaban J connectivity index is 1.39. The fourth-order valence-corrected chi connectivity index (χ4v) is 4.85. The molecule has 3 fully saturated rings. The van der Waals surface area contributed by atoms with E-state index >= 15 is 0 Å². The van der Waals surface area contributed by atoms with Crippen molar-refractivity contribution in [1.29, 1.82) is 0 Å². The highest BCUT2D eigenvalue weighted by molar-refractivity contribution is 6.00. The summed E-state index contributed by atoms with van der Waals surface area (Å²) in [5.41, 5.74) is 2.05. The lowest BCUT2D eigenvalue weighted by molar-refractivity contribution is -0.127. The van der Waals surface area contributed by atoms with E-state index in [1.807, 2.05) is 14.7 Å². The number of rotatable bonds is 2. The minimum Gasteiger partial charge on any atom is -0.325 e. The molecule has 0 aliphatic carbocycles. The van der Waals surface area contributed by atoms with Crippen molar-refractivity contribution < 1.29 is 9.59 Å². The van der Waals surface area contributed by atoms with Crippen LogP contribution in [0.15, 0.2) is 24.3 Å². The predicted molar refractivity (Wildman–Crippen MR) is 107 cm³/mol. The van der Waals surface area contributed by atoms with Gasteiger partial charge in [-0.1, -0.05) is 19.1 Å². The average molecular weight is 370 g/mol. The van der Waals surface area contributed by atoms with E-state index in [1.54, 1.807) is 0 Å². The number of nitrogens with zero attached hydrogens (tertiary/aromatic N) is 3. The molecule has 0 radical (unpaired) electrons. The van der Waals surface area contributed by atoms with Gasteiger partial charge >= 0.3 is 6.03 Å². The van der Waals surface area contributed by atoms with Gasteiger partial charge in [0.25, 0.3) is 0 Å². The number of carbonyl (C=O) groups is 2. The van der Waals surface area contributed by atoms with E-state index < -0.39 is 0 Å². The van der Waals surface area contributed by atoms with Gasteiger partial charge in [-0.05, 0) is 62.6 Å². The largest absolute Gasteiger partial charge is 0.325 e. The van der Waals surface area contributed by atoms with Gasteiger partial charge < -0.3 is 14.7 Å². The smallest absolute Gasteiger partial charge is 0.319 e. The summed E-state index contributed by atoms with van der Waals surface area (Å²) in [7, 11) is 0. The van der Waals surface area contributed by atoms with Crippen molar-refractivity contribution in [3.63, 3.8) is 0 Å². The number of aryl methyl sites for hydroxylation is 1. The molecular weight excluding hydrogens is 338 g/mol. The number of carbonyl (C=O) groups excluding carboxylic acids is 2. The van der Waals surface area contributed by atoms with Crippen LogP contribution in [0, 0.1) is 5.41 Å². The second-order valence-electron chi connectivity index (χ2n) is 8.32. The molecule has 3 amide bonds. The van der Waals surface area contributed by atoms with Crippen LogP contribution in [-0.4, -0.2) is 54.5 Å². The van der Waals surface area contributed by atoms with Crippen LogP contribution >= 0.6 is 0 Å². The first-order valence-corrected chi connectivity index (χ1v) is 10.6. The van der Waals surface area contributed by atoms with Crippen LogP contribution in [0.2, 0.25) is 0 Å². The van der Waals surface area contributed by atoms with E-state index in [0.29, 0.717) is 13.1 Å². The molecular formula is C22H31N3O2. The molecule has 0 atom stereocenters. The molecule has 0 saturated carbocycles. The highest BCUT2D eigenvalue weighted by atomic mass is 16.2. The zero-order valence-corrected chi connectivity index (χ0v) is 16.5. The summed E-state index contributed by atoms with van der Waals surface area (Å²) in [6, 6.07) is 8.57. The lowest BCUT2D eigenvalue weighted by Crippen LogP contribution is -2.51. The molecule has 0 N–H and O–H groups in total. The van der Waals surface area contributed by atoms with Gasteiger partial charge in [0.1, 0.15) is 0 Å². The molecule has 5 heteroatoms. The first-order valence-electron chi connectivity index (χ1n) is 10.6. The summed E-state index contributed by atoms with van der Waals surface area (Å²) in [5.74, 6) is 0.261. The fourth-order valence-electron chi connectivity index (χ4n) is 4.85. The Bertz CT molecular complexity index is 686. The van der Waals surface area contributed by atoms with E-state index in [-0.39, 0.29) is 17.4 Å². The summed E-state index contributed by atoms with van der Waals surface area (Å²) in [6.45, 7) is 6.14. The number of amides is 3. The van der Waals surface area contributed by atoms with Crippen molar-refractivity contribution >= 4 is 17.6 Å². The molecule has 3 aliphatic heterocycles. The van der Waals surface area contributed by atoms with Crippen molar-refractivity contribution in [2.75, 3.05) is 37.6 Å². The summed E-state index contributed by atoms with van der Waals surface area (Å²) in [4.78, 5) is 31.9. The molecule has 3 saturated heterocycles. The van der Waals surface area contributed by atoms with Gasteiger partial charge in [0.2, 0.25) is 5.91 Å². The summed E-state index contributed by atoms with van der Waals surface area (Å²) >= 11 is 0. The Morgan fingerprint density at radius 1 is 0.889 bits per heavy atom. The lowest BCUT2D eigenvalue weighted by Gasteiger charge is -2.40. The molecule has 1 spiro atoms. The van der Waals surface area contributed by atoms with Gasteiger partial charge in [0, 0.05) is 38.4 Å². The van der Waals surface area contributed by atoms with Crippen LogP contribution in [0.4, 0.5) is 10.5 Å². The van der Waals surface area contributed by atoms with Crippen LogP contribution in [-0.2, 0) is 11.2 Å². The maximum atomic E-state index is 13.2. The molecule has 3 aliphatic rings. The van der Waals surface area contributed by atoms with Crippen molar-refractivity contribution in [2.45, 2.75) is 51.9 Å². The van der Waals surface area contributed by atoms with Gasteiger partial charge in [-0.15, -0.1) is 0 Å². The van der Waals surface area contributed by atoms with E-state index in [9.17, 15) is 9.59 Å². The quantitative estimate of drug-likeness (QED) is 0.798. The second-order valence-corrected chi connectivity index (χ2v) is 8.32. The van der Waals surface area contributed by atoms with Crippen LogP contribution in [0.3, 0.4) is 0 Å². The standard InChI is InChI=1S/C22H31N3O2/c1-2-18-6-8-19(9-7-18)25-17-12-22(20(25)26)10-15-24(16-11-22)21(27)23-13-4-3-5-14-23/h6-9H,2-5,10-17H2,1H3. The molecule has 1 aromatic rings. The Morgan fingerprint density at radius 2 is 1.48 bits per heavy atom. The van der Waals surface area contributed by atoms with E-state index in [2.05, 4.69) is 31.2 Å². The monoisotopic (exact) mass is 369 g/mol. The summed E-state index contributed by atoms with van der Waals surface area (Å²) in [6.07, 6.45) is 6.99. The molecule has 3 heterocycles. The number of hydrogen-bond donors (Lipinski definition) is 0. The van der Waals surface area contributed by atoms with E-state index in [4.69, 9.17) is 0 Å². The highest BCUT2D eigenvalue weighted by Gasteiger charge is 2.49. The average Bonchev–Trinajstić information content (AvgIpc) is 3.05. The zero-order chi connectivity index (χ0) is 18.9. The molecule has 0 aromatic heterocycles. The van der Waals surface area contributed by atoms with Crippen LogP contribution < -0.4 is 4.90 Å². The number of urea groups is 1. The minimum absolute atomic E-state index is 0.182. The Labute approximate surface area is 162 Å². The number of benzene rings is 1. The number of hydrogen-bond acceptors (Lipinski definition) is 2. The molecule has 0 bridgehead atoms. The number of likely N-dealkylation sites (tertiary alicyclic amines) is 2. The first-order chi connectivity index (χ1) is 13.1. The predicted octanol–water partition coefficient (Wildman–Crippen LogP) is 3.67. The molecule has 4 rings (SSSR count). The minimum atomic E-state index is -0.262. The Hall–Kier alpha value is -2.04. The summed E-state index contributed by atoms with van der Waals surface area (Å²) < 4.78 is 0. The van der Waals surface area contributed by atoms with E-state index in [0.717, 1.165) is 63.8 Å². The van der Waals surface area contributed by atoms with Crippen molar-refractivity contribution in [3.05, 3.63) is 29.8 Å². The maximum Gasteiger partial charge on any atom is 0.319 e. The van der Waals surface area contributed by atoms with Crippen molar-refractivity contribution in [1.82, 2.24) is 9.80 Å². The number of piperidine rings is 2. The second kappa shape index (κ2) is 7.53. The molecule has 146 valence electrons. The molecule has 1 aromatic carbocycles. The Morgan fingerprint density at radius 3 is 2.11 bits per heavy atom. The van der Waals surface area contributed by atoms with E-state index in [1.165, 1.54) is 12.0 Å². The Kier molecular flexibility index (Phi) is 5.11. The summed E-state index contributed by atoms with van der Waals surface area (Å²) in [5, 5.41) is 0. The van der Waals surface area contributed by atoms with Crippen molar-refractivity contribution in [3.8, 4) is 0 Å². The van der Waals surface area contributed by atoms with Gasteiger partial charge in [0.05, 0.1) is 5.41 Å². The highest BCUT2D eigenvalue weighted by Crippen LogP contribution is 2.43. The normalized spacial score (nSPS) is 22.6. The first kappa shape index (κ1) is 18.3. The fraction of sp³-hybridized carbons (Fsp3) is 0.636. The van der Waals surface area contributed by atoms with Gasteiger partial charge in [-0.3, -0.25) is 4.79 Å². The maximum absolute atomic E-state index is 13.2. The lowest BCUT2D eigenvalue weighted by atomic mass is 9.77. The van der Waals surface area contributed by atoms with Crippen LogP contribution in [0.1, 0.15) is 51.0 Å². The zero-order valence-electron chi connectivity index (χ0n) is 16.5. The van der Waals surface area contributed by atoms with Crippen LogP contribution in [0.25, 0.3) is 0 Å². The third kappa shape index (κ3) is 3.44. The van der Waals surface area contributed by atoms with Gasteiger partial charge in [-0.25, -0.2) is 4.79 Å². The topological polar surface area (TPSA) is 43.9 Å². The van der Waals surface area contributed by atoms with Crippen molar-refractivity contribution in [2.24, 2.45) is 5.41 Å².